The molecule has 0 saturated carbocycles. The van der Waals surface area contributed by atoms with Gasteiger partial charge in [0.05, 0.1) is 10.6 Å². The number of hydrazine groups is 1. The molecule has 0 radical (unpaired) electrons. The molecule has 0 spiro atoms. The lowest BCUT2D eigenvalue weighted by molar-refractivity contribution is 0.0727. The number of hydrogen-bond acceptors (Lipinski definition) is 4. The molecule has 8 heteroatoms. The van der Waals surface area contributed by atoms with Crippen molar-refractivity contribution < 1.29 is 13.9 Å². The molecule has 0 aromatic heterocycles. The molecule has 2 rings (SSSR count). The summed E-state index contributed by atoms with van der Waals surface area (Å²) >= 11 is 12.8. The van der Waals surface area contributed by atoms with Crippen LogP contribution in [0, 0.1) is 11.7 Å². The molecule has 4 nitrogen and oxygen atoms in total. The van der Waals surface area contributed by atoms with E-state index in [0.29, 0.717) is 5.92 Å². The standard InChI is InChI=1S/C13H15Cl2FN2O2S/c14-9-5-10(12(16)11(15)6-9)13(19)17-18-21-7-8-1-3-20-4-2-8/h5-6,8,18H,1-4,7H2,(H,17,19). The first kappa shape index (κ1) is 16.8. The van der Waals surface area contributed by atoms with Gasteiger partial charge in [0.1, 0.15) is 0 Å². The second-order valence-electron chi connectivity index (χ2n) is 4.67. The molecular formula is C13H15Cl2FN2O2S. The van der Waals surface area contributed by atoms with E-state index < -0.39 is 11.7 Å². The Morgan fingerprint density at radius 2 is 2.10 bits per heavy atom. The first-order valence-electron chi connectivity index (χ1n) is 6.47. The highest BCUT2D eigenvalue weighted by Crippen LogP contribution is 2.24. The molecule has 0 unspecified atom stereocenters. The number of carbonyl (C=O) groups is 1. The van der Waals surface area contributed by atoms with Crippen LogP contribution in [-0.4, -0.2) is 24.9 Å². The summed E-state index contributed by atoms with van der Waals surface area (Å²) in [5.74, 6) is 0.0132. The molecule has 1 amide bonds. The van der Waals surface area contributed by atoms with E-state index in [1.165, 1.54) is 24.1 Å². The van der Waals surface area contributed by atoms with Crippen molar-refractivity contribution in [3.63, 3.8) is 0 Å². The topological polar surface area (TPSA) is 50.4 Å². The molecule has 2 N–H and O–H groups in total. The van der Waals surface area contributed by atoms with E-state index in [-0.39, 0.29) is 15.6 Å². The fourth-order valence-electron chi connectivity index (χ4n) is 1.94. The number of rotatable bonds is 5. The van der Waals surface area contributed by atoms with Gasteiger partial charge in [0.2, 0.25) is 0 Å². The number of amides is 1. The summed E-state index contributed by atoms with van der Waals surface area (Å²) in [6.07, 6.45) is 2.03. The minimum Gasteiger partial charge on any atom is -0.381 e. The Morgan fingerprint density at radius 3 is 2.81 bits per heavy atom. The minimum atomic E-state index is -0.783. The van der Waals surface area contributed by atoms with E-state index in [1.54, 1.807) is 0 Å². The third-order valence-electron chi connectivity index (χ3n) is 3.13. The largest absolute Gasteiger partial charge is 0.381 e. The van der Waals surface area contributed by atoms with Crippen LogP contribution in [0.3, 0.4) is 0 Å². The monoisotopic (exact) mass is 352 g/mol. The second kappa shape index (κ2) is 8.19. The number of halogens is 3. The van der Waals surface area contributed by atoms with Crippen molar-refractivity contribution in [2.24, 2.45) is 5.92 Å². The zero-order valence-corrected chi connectivity index (χ0v) is 13.5. The fraction of sp³-hybridized carbons (Fsp3) is 0.462. The first-order valence-corrected chi connectivity index (χ1v) is 8.21. The summed E-state index contributed by atoms with van der Waals surface area (Å²) in [5.41, 5.74) is 2.23. The molecule has 1 aromatic rings. The van der Waals surface area contributed by atoms with E-state index in [1.807, 2.05) is 0 Å². The Hall–Kier alpha value is -0.530. The van der Waals surface area contributed by atoms with Gasteiger partial charge in [0, 0.05) is 24.0 Å². The average Bonchev–Trinajstić information content (AvgIpc) is 2.48. The Labute approximate surface area is 136 Å². The lowest BCUT2D eigenvalue weighted by Gasteiger charge is -2.21. The molecule has 1 saturated heterocycles. The molecule has 0 atom stereocenters. The second-order valence-corrected chi connectivity index (χ2v) is 6.34. The number of nitrogens with one attached hydrogen (secondary N) is 2. The third-order valence-corrected chi connectivity index (χ3v) is 4.51. The van der Waals surface area contributed by atoms with Crippen LogP contribution in [0.4, 0.5) is 4.39 Å². The van der Waals surface area contributed by atoms with Gasteiger partial charge in [-0.3, -0.25) is 10.2 Å². The molecule has 1 heterocycles. The van der Waals surface area contributed by atoms with Crippen molar-refractivity contribution in [3.8, 4) is 0 Å². The van der Waals surface area contributed by atoms with Crippen LogP contribution in [0.25, 0.3) is 0 Å². The zero-order chi connectivity index (χ0) is 15.2. The van der Waals surface area contributed by atoms with Crippen molar-refractivity contribution in [2.45, 2.75) is 12.8 Å². The summed E-state index contributed by atoms with van der Waals surface area (Å²) in [7, 11) is 0. The Balaban J connectivity index is 1.79. The van der Waals surface area contributed by atoms with Gasteiger partial charge in [0.25, 0.3) is 5.91 Å². The number of ether oxygens (including phenoxy) is 1. The molecule has 1 aromatic carbocycles. The number of carbonyl (C=O) groups excluding carboxylic acids is 1. The van der Waals surface area contributed by atoms with Crippen LogP contribution < -0.4 is 10.3 Å². The van der Waals surface area contributed by atoms with Crippen LogP contribution in [0.2, 0.25) is 10.0 Å². The van der Waals surface area contributed by atoms with E-state index >= 15 is 0 Å². The van der Waals surface area contributed by atoms with Crippen molar-refractivity contribution in [3.05, 3.63) is 33.6 Å². The lowest BCUT2D eigenvalue weighted by atomic mass is 10.0. The van der Waals surface area contributed by atoms with Crippen molar-refractivity contribution in [1.82, 2.24) is 10.3 Å². The Bertz CT molecular complexity index is 513. The highest BCUT2D eigenvalue weighted by atomic mass is 35.5. The molecule has 1 aliphatic rings. The zero-order valence-electron chi connectivity index (χ0n) is 11.1. The maximum Gasteiger partial charge on any atom is 0.269 e. The van der Waals surface area contributed by atoms with Crippen molar-refractivity contribution in [2.75, 3.05) is 19.0 Å². The van der Waals surface area contributed by atoms with E-state index in [2.05, 4.69) is 10.3 Å². The summed E-state index contributed by atoms with van der Waals surface area (Å²) < 4.78 is 19.0. The molecule has 21 heavy (non-hydrogen) atoms. The van der Waals surface area contributed by atoms with Gasteiger partial charge in [-0.1, -0.05) is 35.1 Å². The van der Waals surface area contributed by atoms with Crippen LogP contribution in [0.5, 0.6) is 0 Å². The third kappa shape index (κ3) is 5.00. The highest BCUT2D eigenvalue weighted by Gasteiger charge is 2.17. The SMILES string of the molecule is O=C(NNSCC1CCOCC1)c1cc(Cl)cc(Cl)c1F. The lowest BCUT2D eigenvalue weighted by Crippen LogP contribution is -2.34. The maximum absolute atomic E-state index is 13.7. The summed E-state index contributed by atoms with van der Waals surface area (Å²) in [4.78, 5) is 14.6. The summed E-state index contributed by atoms with van der Waals surface area (Å²) in [6.45, 7) is 1.56. The maximum atomic E-state index is 13.7. The fourth-order valence-corrected chi connectivity index (χ4v) is 3.25. The van der Waals surface area contributed by atoms with Gasteiger partial charge < -0.3 is 4.74 Å². The molecule has 116 valence electrons. The van der Waals surface area contributed by atoms with Crippen LogP contribution >= 0.6 is 35.1 Å². The first-order chi connectivity index (χ1) is 10.1. The highest BCUT2D eigenvalue weighted by molar-refractivity contribution is 7.97. The quantitative estimate of drug-likeness (QED) is 0.369. The predicted octanol–water partition coefficient (Wildman–Crippen LogP) is 3.44. The molecule has 0 bridgehead atoms. The molecular weight excluding hydrogens is 338 g/mol. The molecule has 0 aliphatic carbocycles. The molecule has 1 fully saturated rings. The van der Waals surface area contributed by atoms with Gasteiger partial charge >= 0.3 is 0 Å². The van der Waals surface area contributed by atoms with Gasteiger partial charge in [-0.15, -0.1) is 0 Å². The van der Waals surface area contributed by atoms with Gasteiger partial charge in [-0.25, -0.2) is 4.39 Å². The van der Waals surface area contributed by atoms with Gasteiger partial charge in [0.15, 0.2) is 5.82 Å². The number of hydrogen-bond donors (Lipinski definition) is 2. The minimum absolute atomic E-state index is 0.178. The van der Waals surface area contributed by atoms with Crippen molar-refractivity contribution >= 4 is 41.1 Å². The van der Waals surface area contributed by atoms with Crippen LogP contribution in [0.15, 0.2) is 12.1 Å². The number of benzene rings is 1. The van der Waals surface area contributed by atoms with Crippen molar-refractivity contribution in [1.29, 1.82) is 0 Å². The van der Waals surface area contributed by atoms with Crippen LogP contribution in [0.1, 0.15) is 23.2 Å². The molecule has 1 aliphatic heterocycles. The normalized spacial score (nSPS) is 16.0. The summed E-state index contributed by atoms with van der Waals surface area (Å²) in [5, 5.41) is 0.0314. The van der Waals surface area contributed by atoms with E-state index in [9.17, 15) is 9.18 Å². The Morgan fingerprint density at radius 1 is 1.38 bits per heavy atom. The van der Waals surface area contributed by atoms with Crippen LogP contribution in [-0.2, 0) is 4.74 Å². The predicted molar refractivity (Wildman–Crippen MR) is 83.0 cm³/mol. The summed E-state index contributed by atoms with van der Waals surface area (Å²) in [6, 6.07) is 2.49. The van der Waals surface area contributed by atoms with E-state index in [0.717, 1.165) is 31.8 Å². The van der Waals surface area contributed by atoms with Gasteiger partial charge in [-0.05, 0) is 30.9 Å². The average molecular weight is 353 g/mol. The Kier molecular flexibility index (Phi) is 6.57. The smallest absolute Gasteiger partial charge is 0.269 e. The van der Waals surface area contributed by atoms with E-state index in [4.69, 9.17) is 27.9 Å². The van der Waals surface area contributed by atoms with Gasteiger partial charge in [-0.2, -0.15) is 4.83 Å².